The number of fused-ring (bicyclic) bond motifs is 1. The minimum absolute atomic E-state index is 0.0519. The van der Waals surface area contributed by atoms with E-state index < -0.39 is 10.0 Å². The first-order valence-electron chi connectivity index (χ1n) is 8.68. The molecule has 0 atom stereocenters. The summed E-state index contributed by atoms with van der Waals surface area (Å²) in [5.41, 5.74) is 0.483. The van der Waals surface area contributed by atoms with Gasteiger partial charge in [-0.25, -0.2) is 8.42 Å². The van der Waals surface area contributed by atoms with Crippen LogP contribution in [0.25, 0.3) is 0 Å². The number of rotatable bonds is 6. The number of benzene rings is 1. The maximum absolute atomic E-state index is 12.2. The molecule has 2 aliphatic rings. The standard InChI is InChI=1S/C17H24N2O6S/c1-26(21,22)19(7-6-18-17(20)13-4-8-23-9-5-13)14-2-3-15-16(12-14)25-11-10-24-15/h2-3,12-13H,4-11H2,1H3,(H,18,20). The highest BCUT2D eigenvalue weighted by Crippen LogP contribution is 2.34. The van der Waals surface area contributed by atoms with E-state index in [0.717, 1.165) is 6.26 Å². The molecule has 0 radical (unpaired) electrons. The van der Waals surface area contributed by atoms with Crippen molar-refractivity contribution in [3.05, 3.63) is 18.2 Å². The molecular weight excluding hydrogens is 360 g/mol. The number of carbonyl (C=O) groups excluding carboxylic acids is 1. The van der Waals surface area contributed by atoms with Gasteiger partial charge in [-0.05, 0) is 25.0 Å². The van der Waals surface area contributed by atoms with Gasteiger partial charge in [-0.3, -0.25) is 9.10 Å². The zero-order valence-electron chi connectivity index (χ0n) is 14.8. The summed E-state index contributed by atoms with van der Waals surface area (Å²) in [5, 5.41) is 2.83. The minimum Gasteiger partial charge on any atom is -0.486 e. The molecule has 0 aliphatic carbocycles. The first-order chi connectivity index (χ1) is 12.4. The molecule has 1 amide bonds. The molecule has 0 aromatic heterocycles. The van der Waals surface area contributed by atoms with Gasteiger partial charge in [0.05, 0.1) is 18.5 Å². The fraction of sp³-hybridized carbons (Fsp3) is 0.588. The quantitative estimate of drug-likeness (QED) is 0.779. The molecule has 26 heavy (non-hydrogen) atoms. The minimum atomic E-state index is -3.50. The largest absolute Gasteiger partial charge is 0.486 e. The Morgan fingerprint density at radius 2 is 1.85 bits per heavy atom. The Morgan fingerprint density at radius 1 is 1.15 bits per heavy atom. The first-order valence-corrected chi connectivity index (χ1v) is 10.5. The Bertz CT molecular complexity index is 746. The lowest BCUT2D eigenvalue weighted by molar-refractivity contribution is -0.127. The maximum Gasteiger partial charge on any atom is 0.232 e. The van der Waals surface area contributed by atoms with Gasteiger partial charge in [0.15, 0.2) is 11.5 Å². The van der Waals surface area contributed by atoms with Crippen molar-refractivity contribution in [2.45, 2.75) is 12.8 Å². The number of nitrogens with zero attached hydrogens (tertiary/aromatic N) is 1. The molecule has 2 aliphatic heterocycles. The monoisotopic (exact) mass is 384 g/mol. The van der Waals surface area contributed by atoms with E-state index in [4.69, 9.17) is 14.2 Å². The van der Waals surface area contributed by atoms with Gasteiger partial charge in [-0.15, -0.1) is 0 Å². The number of carbonyl (C=O) groups is 1. The number of sulfonamides is 1. The summed E-state index contributed by atoms with van der Waals surface area (Å²) in [6.07, 6.45) is 2.54. The van der Waals surface area contributed by atoms with Crippen LogP contribution in [0, 0.1) is 5.92 Å². The van der Waals surface area contributed by atoms with Crippen LogP contribution in [-0.2, 0) is 19.6 Å². The van der Waals surface area contributed by atoms with Gasteiger partial charge < -0.3 is 19.5 Å². The molecule has 0 spiro atoms. The summed E-state index contributed by atoms with van der Waals surface area (Å²) < 4.78 is 41.9. The Kier molecular flexibility index (Phi) is 5.87. The lowest BCUT2D eigenvalue weighted by Crippen LogP contribution is -2.41. The highest BCUT2D eigenvalue weighted by atomic mass is 32.2. The van der Waals surface area contributed by atoms with Gasteiger partial charge in [0, 0.05) is 31.7 Å². The molecule has 8 nitrogen and oxygen atoms in total. The number of amides is 1. The highest BCUT2D eigenvalue weighted by molar-refractivity contribution is 7.92. The third-order valence-corrected chi connectivity index (χ3v) is 5.61. The van der Waals surface area contributed by atoms with Crippen molar-refractivity contribution < 1.29 is 27.4 Å². The highest BCUT2D eigenvalue weighted by Gasteiger charge is 2.23. The second-order valence-corrected chi connectivity index (χ2v) is 8.25. The summed E-state index contributed by atoms with van der Waals surface area (Å²) in [4.78, 5) is 12.2. The van der Waals surface area contributed by atoms with Crippen molar-refractivity contribution in [2.75, 3.05) is 50.1 Å². The van der Waals surface area contributed by atoms with Crippen molar-refractivity contribution in [2.24, 2.45) is 5.92 Å². The molecule has 144 valence electrons. The predicted octanol–water partition coefficient (Wildman–Crippen LogP) is 0.767. The van der Waals surface area contributed by atoms with Crippen LogP contribution in [0.3, 0.4) is 0 Å². The molecular formula is C17H24N2O6S. The van der Waals surface area contributed by atoms with Gasteiger partial charge in [0.1, 0.15) is 13.2 Å². The number of nitrogens with one attached hydrogen (secondary N) is 1. The van der Waals surface area contributed by atoms with Crippen molar-refractivity contribution in [3.8, 4) is 11.5 Å². The van der Waals surface area contributed by atoms with Crippen LogP contribution in [0.5, 0.6) is 11.5 Å². The van der Waals surface area contributed by atoms with Crippen LogP contribution in [0.1, 0.15) is 12.8 Å². The van der Waals surface area contributed by atoms with Gasteiger partial charge >= 0.3 is 0 Å². The van der Waals surface area contributed by atoms with Gasteiger partial charge in [-0.1, -0.05) is 0 Å². The molecule has 1 saturated heterocycles. The van der Waals surface area contributed by atoms with Crippen LogP contribution in [-0.4, -0.2) is 60.1 Å². The van der Waals surface area contributed by atoms with E-state index in [1.165, 1.54) is 4.31 Å². The summed E-state index contributed by atoms with van der Waals surface area (Å²) in [6, 6.07) is 5.02. The van der Waals surface area contributed by atoms with E-state index in [1.54, 1.807) is 18.2 Å². The predicted molar refractivity (Wildman–Crippen MR) is 96.2 cm³/mol. The lowest BCUT2D eigenvalue weighted by atomic mass is 9.99. The zero-order valence-corrected chi connectivity index (χ0v) is 15.6. The third kappa shape index (κ3) is 4.59. The van der Waals surface area contributed by atoms with Crippen LogP contribution < -0.4 is 19.1 Å². The molecule has 1 fully saturated rings. The van der Waals surface area contributed by atoms with Gasteiger partial charge in [-0.2, -0.15) is 0 Å². The molecule has 0 unspecified atom stereocenters. The zero-order chi connectivity index (χ0) is 18.6. The van der Waals surface area contributed by atoms with Crippen LogP contribution >= 0.6 is 0 Å². The molecule has 1 aromatic carbocycles. The molecule has 0 bridgehead atoms. The number of anilines is 1. The van der Waals surface area contributed by atoms with E-state index in [0.29, 0.717) is 56.5 Å². The number of ether oxygens (including phenoxy) is 3. The summed E-state index contributed by atoms with van der Waals surface area (Å²) in [5.74, 6) is 1.00. The van der Waals surface area contributed by atoms with Crippen molar-refractivity contribution in [1.82, 2.24) is 5.32 Å². The summed E-state index contributed by atoms with van der Waals surface area (Å²) in [6.45, 7) is 2.46. The van der Waals surface area contributed by atoms with Crippen molar-refractivity contribution in [1.29, 1.82) is 0 Å². The molecule has 1 N–H and O–H groups in total. The third-order valence-electron chi connectivity index (χ3n) is 4.42. The fourth-order valence-corrected chi connectivity index (χ4v) is 3.98. The maximum atomic E-state index is 12.2. The normalized spacial score (nSPS) is 17.6. The Morgan fingerprint density at radius 3 is 2.54 bits per heavy atom. The smallest absolute Gasteiger partial charge is 0.232 e. The van der Waals surface area contributed by atoms with Crippen molar-refractivity contribution in [3.63, 3.8) is 0 Å². The molecule has 3 rings (SSSR count). The van der Waals surface area contributed by atoms with Gasteiger partial charge in [0.2, 0.25) is 15.9 Å². The SMILES string of the molecule is CS(=O)(=O)N(CCNC(=O)C1CCOCC1)c1ccc2c(c1)OCCO2. The van der Waals surface area contributed by atoms with E-state index in [-0.39, 0.29) is 24.9 Å². The molecule has 1 aromatic rings. The Balaban J connectivity index is 1.64. The first kappa shape index (κ1) is 18.8. The number of hydrogen-bond acceptors (Lipinski definition) is 6. The van der Waals surface area contributed by atoms with Crippen LogP contribution in [0.4, 0.5) is 5.69 Å². The molecule has 9 heteroatoms. The topological polar surface area (TPSA) is 94.2 Å². The number of hydrogen-bond donors (Lipinski definition) is 1. The average Bonchev–Trinajstić information content (AvgIpc) is 2.64. The fourth-order valence-electron chi connectivity index (χ4n) is 3.06. The summed E-state index contributed by atoms with van der Waals surface area (Å²) >= 11 is 0. The van der Waals surface area contributed by atoms with E-state index in [1.807, 2.05) is 0 Å². The van der Waals surface area contributed by atoms with Crippen LogP contribution in [0.2, 0.25) is 0 Å². The van der Waals surface area contributed by atoms with Crippen molar-refractivity contribution >= 4 is 21.6 Å². The van der Waals surface area contributed by atoms with Gasteiger partial charge in [0.25, 0.3) is 0 Å². The van der Waals surface area contributed by atoms with E-state index >= 15 is 0 Å². The van der Waals surface area contributed by atoms with E-state index in [9.17, 15) is 13.2 Å². The molecule has 0 saturated carbocycles. The Labute approximate surface area is 153 Å². The van der Waals surface area contributed by atoms with Crippen LogP contribution in [0.15, 0.2) is 18.2 Å². The second-order valence-electron chi connectivity index (χ2n) is 6.34. The van der Waals surface area contributed by atoms with E-state index in [2.05, 4.69) is 5.32 Å². The lowest BCUT2D eigenvalue weighted by Gasteiger charge is -2.26. The summed E-state index contributed by atoms with van der Waals surface area (Å²) in [7, 11) is -3.50. The average molecular weight is 384 g/mol. The Hall–Kier alpha value is -2.00. The second kappa shape index (κ2) is 8.13. The molecule has 2 heterocycles.